The van der Waals surface area contributed by atoms with E-state index in [2.05, 4.69) is 25.2 Å². The Labute approximate surface area is 109 Å². The van der Waals surface area contributed by atoms with Crippen molar-refractivity contribution in [1.82, 2.24) is 0 Å². The van der Waals surface area contributed by atoms with Gasteiger partial charge in [-0.25, -0.2) is 4.39 Å². The van der Waals surface area contributed by atoms with Crippen LogP contribution in [-0.2, 0) is 4.74 Å². The van der Waals surface area contributed by atoms with Crippen molar-refractivity contribution in [3.63, 3.8) is 0 Å². The molecule has 0 saturated carbocycles. The van der Waals surface area contributed by atoms with E-state index in [1.807, 2.05) is 12.2 Å². The minimum Gasteiger partial charge on any atom is -0.367 e. The third kappa shape index (κ3) is 4.26. The Bertz CT molecular complexity index is 379. The van der Waals surface area contributed by atoms with E-state index in [0.717, 1.165) is 19.3 Å². The molecule has 2 heteroatoms. The van der Waals surface area contributed by atoms with Crippen LogP contribution < -0.4 is 0 Å². The molecular weight excluding hydrogens is 227 g/mol. The smallest absolute Gasteiger partial charge is 0.121 e. The van der Waals surface area contributed by atoms with Crippen molar-refractivity contribution < 1.29 is 9.13 Å². The SMILES string of the molecule is C/C1=C/C(OC2C=CC=CC(F)C2)CC/C=C\C1. The fraction of sp³-hybridized carbons (Fsp3) is 0.500. The second kappa shape index (κ2) is 6.69. The molecule has 0 radical (unpaired) electrons. The van der Waals surface area contributed by atoms with Crippen LogP contribution in [0.15, 0.2) is 48.1 Å². The van der Waals surface area contributed by atoms with Gasteiger partial charge >= 0.3 is 0 Å². The Morgan fingerprint density at radius 3 is 2.89 bits per heavy atom. The molecule has 0 aromatic heterocycles. The monoisotopic (exact) mass is 248 g/mol. The molecule has 3 unspecified atom stereocenters. The number of hydrogen-bond donors (Lipinski definition) is 0. The quantitative estimate of drug-likeness (QED) is 0.663. The summed E-state index contributed by atoms with van der Waals surface area (Å²) < 4.78 is 19.4. The molecule has 0 bridgehead atoms. The van der Waals surface area contributed by atoms with Gasteiger partial charge in [-0.1, -0.05) is 48.1 Å². The molecule has 0 heterocycles. The first-order valence-corrected chi connectivity index (χ1v) is 6.71. The van der Waals surface area contributed by atoms with Gasteiger partial charge in [0.15, 0.2) is 0 Å². The highest BCUT2D eigenvalue weighted by molar-refractivity contribution is 5.13. The minimum atomic E-state index is -0.900. The van der Waals surface area contributed by atoms with Gasteiger partial charge in [0, 0.05) is 6.42 Å². The summed E-state index contributed by atoms with van der Waals surface area (Å²) in [6.07, 6.45) is 16.3. The van der Waals surface area contributed by atoms with Crippen LogP contribution in [0.1, 0.15) is 32.6 Å². The molecule has 0 fully saturated rings. The molecule has 3 atom stereocenters. The molecule has 2 aliphatic carbocycles. The topological polar surface area (TPSA) is 9.23 Å². The Kier molecular flexibility index (Phi) is 4.94. The largest absolute Gasteiger partial charge is 0.367 e. The van der Waals surface area contributed by atoms with Crippen molar-refractivity contribution in [1.29, 1.82) is 0 Å². The van der Waals surface area contributed by atoms with Gasteiger partial charge in [-0.3, -0.25) is 0 Å². The lowest BCUT2D eigenvalue weighted by molar-refractivity contribution is 0.0240. The summed E-state index contributed by atoms with van der Waals surface area (Å²) >= 11 is 0. The van der Waals surface area contributed by atoms with Crippen LogP contribution in [0.2, 0.25) is 0 Å². The maximum absolute atomic E-state index is 13.4. The van der Waals surface area contributed by atoms with Crippen molar-refractivity contribution in [2.45, 2.75) is 51.0 Å². The molecule has 0 amide bonds. The minimum absolute atomic E-state index is 0.106. The Balaban J connectivity index is 1.95. The predicted octanol–water partition coefficient (Wildman–Crippen LogP) is 4.28. The van der Waals surface area contributed by atoms with Crippen LogP contribution in [0.5, 0.6) is 0 Å². The fourth-order valence-electron chi connectivity index (χ4n) is 2.30. The van der Waals surface area contributed by atoms with Crippen LogP contribution in [0.25, 0.3) is 0 Å². The standard InChI is InChI=1S/C16H21FO/c1-13-7-3-2-4-9-15(11-13)18-16-10-6-5-8-14(17)12-16/h2-3,5-6,8,10-11,14-16H,4,7,9,12H2,1H3/b3-2-,13-11-. The van der Waals surface area contributed by atoms with E-state index in [0.29, 0.717) is 6.42 Å². The average Bonchev–Trinajstić information content (AvgIpc) is 2.50. The van der Waals surface area contributed by atoms with E-state index in [1.54, 1.807) is 12.2 Å². The summed E-state index contributed by atoms with van der Waals surface area (Å²) in [4.78, 5) is 0. The highest BCUT2D eigenvalue weighted by atomic mass is 19.1. The van der Waals surface area contributed by atoms with Crippen molar-refractivity contribution in [2.75, 3.05) is 0 Å². The molecule has 1 nitrogen and oxygen atoms in total. The second-order valence-electron chi connectivity index (χ2n) is 5.00. The van der Waals surface area contributed by atoms with Gasteiger partial charge < -0.3 is 4.74 Å². The number of ether oxygens (including phenoxy) is 1. The summed E-state index contributed by atoms with van der Waals surface area (Å²) in [5.74, 6) is 0. The van der Waals surface area contributed by atoms with E-state index in [4.69, 9.17) is 4.74 Å². The zero-order chi connectivity index (χ0) is 12.8. The maximum Gasteiger partial charge on any atom is 0.121 e. The summed E-state index contributed by atoms with van der Waals surface area (Å²) in [5, 5.41) is 0. The number of rotatable bonds is 2. The summed E-state index contributed by atoms with van der Waals surface area (Å²) in [5.41, 5.74) is 1.32. The third-order valence-electron chi connectivity index (χ3n) is 3.26. The molecule has 0 N–H and O–H groups in total. The van der Waals surface area contributed by atoms with Gasteiger partial charge in [0.1, 0.15) is 6.17 Å². The lowest BCUT2D eigenvalue weighted by Gasteiger charge is -2.22. The molecule has 0 aromatic rings. The fourth-order valence-corrected chi connectivity index (χ4v) is 2.30. The Morgan fingerprint density at radius 1 is 1.17 bits per heavy atom. The van der Waals surface area contributed by atoms with Gasteiger partial charge in [-0.05, 0) is 26.2 Å². The van der Waals surface area contributed by atoms with Crippen molar-refractivity contribution in [3.05, 3.63) is 48.1 Å². The second-order valence-corrected chi connectivity index (χ2v) is 5.00. The predicted molar refractivity (Wildman–Crippen MR) is 73.2 cm³/mol. The zero-order valence-corrected chi connectivity index (χ0v) is 10.9. The summed E-state index contributed by atoms with van der Waals surface area (Å²) in [6, 6.07) is 0. The number of allylic oxidation sites excluding steroid dienone is 6. The Hall–Kier alpha value is -1.15. The van der Waals surface area contributed by atoms with Gasteiger partial charge in [-0.2, -0.15) is 0 Å². The molecule has 0 aromatic carbocycles. The van der Waals surface area contributed by atoms with Crippen LogP contribution in [0.3, 0.4) is 0 Å². The average molecular weight is 248 g/mol. The maximum atomic E-state index is 13.4. The first-order chi connectivity index (χ1) is 8.74. The Morgan fingerprint density at radius 2 is 2.00 bits per heavy atom. The normalized spacial score (nSPS) is 37.2. The van der Waals surface area contributed by atoms with Crippen LogP contribution in [0, 0.1) is 0 Å². The molecule has 0 saturated heterocycles. The number of alkyl halides is 1. The van der Waals surface area contributed by atoms with Gasteiger partial charge in [0.25, 0.3) is 0 Å². The zero-order valence-electron chi connectivity index (χ0n) is 10.9. The van der Waals surface area contributed by atoms with Crippen LogP contribution >= 0.6 is 0 Å². The number of halogens is 1. The summed E-state index contributed by atoms with van der Waals surface area (Å²) in [7, 11) is 0. The highest BCUT2D eigenvalue weighted by Gasteiger charge is 2.18. The van der Waals surface area contributed by atoms with Crippen molar-refractivity contribution >= 4 is 0 Å². The molecule has 0 spiro atoms. The summed E-state index contributed by atoms with van der Waals surface area (Å²) in [6.45, 7) is 2.12. The first-order valence-electron chi connectivity index (χ1n) is 6.71. The molecule has 2 aliphatic rings. The van der Waals surface area contributed by atoms with E-state index in [1.165, 1.54) is 5.57 Å². The molecule has 18 heavy (non-hydrogen) atoms. The molecular formula is C16H21FO. The van der Waals surface area contributed by atoms with Gasteiger partial charge in [0.2, 0.25) is 0 Å². The van der Waals surface area contributed by atoms with Gasteiger partial charge in [-0.15, -0.1) is 0 Å². The van der Waals surface area contributed by atoms with Crippen LogP contribution in [-0.4, -0.2) is 18.4 Å². The number of hydrogen-bond acceptors (Lipinski definition) is 1. The third-order valence-corrected chi connectivity index (χ3v) is 3.26. The van der Waals surface area contributed by atoms with Gasteiger partial charge in [0.05, 0.1) is 12.2 Å². The van der Waals surface area contributed by atoms with E-state index >= 15 is 0 Å². The highest BCUT2D eigenvalue weighted by Crippen LogP contribution is 2.20. The lowest BCUT2D eigenvalue weighted by Crippen LogP contribution is -2.22. The van der Waals surface area contributed by atoms with E-state index in [-0.39, 0.29) is 12.2 Å². The van der Waals surface area contributed by atoms with Crippen molar-refractivity contribution in [2.24, 2.45) is 0 Å². The first kappa shape index (κ1) is 13.3. The molecule has 0 aliphatic heterocycles. The molecule has 2 rings (SSSR count). The van der Waals surface area contributed by atoms with E-state index < -0.39 is 6.17 Å². The molecule has 98 valence electrons. The van der Waals surface area contributed by atoms with Crippen molar-refractivity contribution in [3.8, 4) is 0 Å². The van der Waals surface area contributed by atoms with Crippen LogP contribution in [0.4, 0.5) is 4.39 Å². The van der Waals surface area contributed by atoms with E-state index in [9.17, 15) is 4.39 Å². The lowest BCUT2D eigenvalue weighted by atomic mass is 10.0.